The molecular weight excluding hydrogens is 311 g/mol. The Morgan fingerprint density at radius 3 is 2.71 bits per heavy atom. The molecule has 0 spiro atoms. The van der Waals surface area contributed by atoms with Crippen LogP contribution in [0.4, 0.5) is 0 Å². The Morgan fingerprint density at radius 2 is 2.05 bits per heavy atom. The quantitative estimate of drug-likeness (QED) is 0.923. The molecule has 1 heterocycles. The summed E-state index contributed by atoms with van der Waals surface area (Å²) in [5.74, 6) is -0.489. The predicted molar refractivity (Wildman–Crippen MR) is 83.3 cm³/mol. The topological polar surface area (TPSA) is 63.4 Å². The lowest BCUT2D eigenvalue weighted by Gasteiger charge is -2.31. The molecular formula is C15H18Cl2N2O2. The second-order valence-corrected chi connectivity index (χ2v) is 6.14. The lowest BCUT2D eigenvalue weighted by Crippen LogP contribution is -2.44. The number of hydrogen-bond donors (Lipinski definition) is 1. The van der Waals surface area contributed by atoms with Crippen LogP contribution in [0.25, 0.3) is 0 Å². The number of carbonyl (C=O) groups excluding carboxylic acids is 2. The Morgan fingerprint density at radius 1 is 1.29 bits per heavy atom. The molecule has 0 aliphatic carbocycles. The van der Waals surface area contributed by atoms with Gasteiger partial charge in [0.2, 0.25) is 11.8 Å². The van der Waals surface area contributed by atoms with Gasteiger partial charge in [-0.1, -0.05) is 29.3 Å². The minimum atomic E-state index is -0.322. The summed E-state index contributed by atoms with van der Waals surface area (Å²) in [4.78, 5) is 25.2. The monoisotopic (exact) mass is 328 g/mol. The van der Waals surface area contributed by atoms with Gasteiger partial charge in [0.05, 0.1) is 16.0 Å². The lowest BCUT2D eigenvalue weighted by atomic mass is 9.97. The van der Waals surface area contributed by atoms with Crippen LogP contribution in [0.2, 0.25) is 10.0 Å². The summed E-state index contributed by atoms with van der Waals surface area (Å²) >= 11 is 11.8. The molecule has 1 atom stereocenters. The molecule has 2 rings (SSSR count). The highest BCUT2D eigenvalue weighted by Gasteiger charge is 2.26. The maximum absolute atomic E-state index is 12.2. The van der Waals surface area contributed by atoms with Crippen LogP contribution < -0.4 is 5.73 Å². The molecule has 114 valence electrons. The fourth-order valence-electron chi connectivity index (χ4n) is 2.54. The highest BCUT2D eigenvalue weighted by molar-refractivity contribution is 6.42. The molecule has 6 heteroatoms. The van der Waals surface area contributed by atoms with Crippen LogP contribution >= 0.6 is 23.2 Å². The molecule has 0 saturated carbocycles. The Labute approximate surface area is 134 Å². The number of carbonyl (C=O) groups is 2. The van der Waals surface area contributed by atoms with Crippen molar-refractivity contribution in [1.29, 1.82) is 0 Å². The summed E-state index contributed by atoms with van der Waals surface area (Å²) in [6.45, 7) is 1.14. The Kier molecular flexibility index (Phi) is 5.48. The van der Waals surface area contributed by atoms with E-state index in [4.69, 9.17) is 28.9 Å². The van der Waals surface area contributed by atoms with Gasteiger partial charge < -0.3 is 10.6 Å². The molecule has 21 heavy (non-hydrogen) atoms. The number of rotatable bonds is 4. The molecule has 1 aliphatic heterocycles. The number of nitrogens with two attached hydrogens (primary N) is 1. The number of benzene rings is 1. The fraction of sp³-hybridized carbons (Fsp3) is 0.467. The number of nitrogens with zero attached hydrogens (tertiary/aromatic N) is 1. The van der Waals surface area contributed by atoms with Gasteiger partial charge in [0.25, 0.3) is 0 Å². The summed E-state index contributed by atoms with van der Waals surface area (Å²) in [5, 5.41) is 1.00. The summed E-state index contributed by atoms with van der Waals surface area (Å²) in [6, 6.07) is 5.37. The molecule has 4 nitrogen and oxygen atoms in total. The van der Waals surface area contributed by atoms with Crippen LogP contribution in [0.15, 0.2) is 18.2 Å². The van der Waals surface area contributed by atoms with Gasteiger partial charge in [0, 0.05) is 19.5 Å². The first-order valence-electron chi connectivity index (χ1n) is 6.98. The van der Waals surface area contributed by atoms with Gasteiger partial charge in [-0.15, -0.1) is 0 Å². The minimum absolute atomic E-state index is 0.0482. The zero-order chi connectivity index (χ0) is 15.4. The third-order valence-corrected chi connectivity index (χ3v) is 4.53. The molecule has 2 N–H and O–H groups in total. The van der Waals surface area contributed by atoms with E-state index in [-0.39, 0.29) is 17.7 Å². The fourth-order valence-corrected chi connectivity index (χ4v) is 2.86. The largest absolute Gasteiger partial charge is 0.369 e. The first kappa shape index (κ1) is 16.1. The van der Waals surface area contributed by atoms with E-state index in [1.165, 1.54) is 0 Å². The van der Waals surface area contributed by atoms with Crippen molar-refractivity contribution < 1.29 is 9.59 Å². The number of amides is 2. The summed E-state index contributed by atoms with van der Waals surface area (Å²) in [6.07, 6.45) is 2.59. The second kappa shape index (κ2) is 7.14. The number of aryl methyl sites for hydroxylation is 1. The van der Waals surface area contributed by atoms with Crippen molar-refractivity contribution in [3.63, 3.8) is 0 Å². The van der Waals surface area contributed by atoms with Crippen molar-refractivity contribution in [2.45, 2.75) is 25.7 Å². The van der Waals surface area contributed by atoms with Crippen LogP contribution in [0, 0.1) is 5.92 Å². The van der Waals surface area contributed by atoms with E-state index in [1.807, 2.05) is 6.07 Å². The zero-order valence-corrected chi connectivity index (χ0v) is 13.2. The molecule has 1 saturated heterocycles. The molecule has 1 aromatic rings. The summed E-state index contributed by atoms with van der Waals surface area (Å²) < 4.78 is 0. The first-order chi connectivity index (χ1) is 9.97. The van der Waals surface area contributed by atoms with E-state index < -0.39 is 0 Å². The van der Waals surface area contributed by atoms with Crippen molar-refractivity contribution in [2.75, 3.05) is 13.1 Å². The van der Waals surface area contributed by atoms with Crippen molar-refractivity contribution in [3.05, 3.63) is 33.8 Å². The molecule has 1 fully saturated rings. The standard InChI is InChI=1S/C15H18Cl2N2O2/c16-12-5-3-10(8-13(12)17)4-6-14(20)19-7-1-2-11(9-19)15(18)21/h3,5,8,11H,1-2,4,6-7,9H2,(H2,18,21)/t11-/m1/s1. The van der Waals surface area contributed by atoms with Crippen molar-refractivity contribution >= 4 is 35.0 Å². The Bertz CT molecular complexity index is 548. The predicted octanol–water partition coefficient (Wildman–Crippen LogP) is 2.65. The van der Waals surface area contributed by atoms with E-state index in [2.05, 4.69) is 0 Å². The van der Waals surface area contributed by atoms with Crippen LogP contribution in [0.5, 0.6) is 0 Å². The highest BCUT2D eigenvalue weighted by Crippen LogP contribution is 2.23. The van der Waals surface area contributed by atoms with Gasteiger partial charge in [0.15, 0.2) is 0 Å². The molecule has 0 aromatic heterocycles. The van der Waals surface area contributed by atoms with Crippen LogP contribution in [-0.4, -0.2) is 29.8 Å². The van der Waals surface area contributed by atoms with Crippen LogP contribution in [0.1, 0.15) is 24.8 Å². The average Bonchev–Trinajstić information content (AvgIpc) is 2.48. The van der Waals surface area contributed by atoms with E-state index in [9.17, 15) is 9.59 Å². The Hall–Kier alpha value is -1.26. The van der Waals surface area contributed by atoms with Gasteiger partial charge in [-0.05, 0) is 37.0 Å². The Balaban J connectivity index is 1.89. The van der Waals surface area contributed by atoms with Gasteiger partial charge in [-0.2, -0.15) is 0 Å². The van der Waals surface area contributed by atoms with Gasteiger partial charge in [-0.25, -0.2) is 0 Å². The van der Waals surface area contributed by atoms with Crippen molar-refractivity contribution in [1.82, 2.24) is 4.90 Å². The minimum Gasteiger partial charge on any atom is -0.369 e. The van der Waals surface area contributed by atoms with E-state index in [0.29, 0.717) is 36.0 Å². The van der Waals surface area contributed by atoms with Crippen molar-refractivity contribution in [3.8, 4) is 0 Å². The molecule has 2 amide bonds. The summed E-state index contributed by atoms with van der Waals surface area (Å²) in [5.41, 5.74) is 6.29. The van der Waals surface area contributed by atoms with Gasteiger partial charge in [0.1, 0.15) is 0 Å². The zero-order valence-electron chi connectivity index (χ0n) is 11.6. The number of hydrogen-bond acceptors (Lipinski definition) is 2. The number of piperidine rings is 1. The molecule has 0 radical (unpaired) electrons. The third-order valence-electron chi connectivity index (χ3n) is 3.79. The van der Waals surface area contributed by atoms with Crippen molar-refractivity contribution in [2.24, 2.45) is 11.7 Å². The molecule has 0 bridgehead atoms. The highest BCUT2D eigenvalue weighted by atomic mass is 35.5. The number of primary amides is 1. The van der Waals surface area contributed by atoms with E-state index in [0.717, 1.165) is 18.4 Å². The molecule has 1 aliphatic rings. The second-order valence-electron chi connectivity index (χ2n) is 5.33. The first-order valence-corrected chi connectivity index (χ1v) is 7.74. The number of halogens is 2. The maximum atomic E-state index is 12.2. The third kappa shape index (κ3) is 4.35. The smallest absolute Gasteiger partial charge is 0.222 e. The molecule has 1 aromatic carbocycles. The van der Waals surface area contributed by atoms with Gasteiger partial charge in [-0.3, -0.25) is 9.59 Å². The van der Waals surface area contributed by atoms with E-state index in [1.54, 1.807) is 17.0 Å². The molecule has 0 unspecified atom stereocenters. The van der Waals surface area contributed by atoms with Gasteiger partial charge >= 0.3 is 0 Å². The normalized spacial score (nSPS) is 18.6. The van der Waals surface area contributed by atoms with Crippen LogP contribution in [0.3, 0.4) is 0 Å². The SMILES string of the molecule is NC(=O)[C@@H]1CCCN(C(=O)CCc2ccc(Cl)c(Cl)c2)C1. The number of likely N-dealkylation sites (tertiary alicyclic amines) is 1. The van der Waals surface area contributed by atoms with E-state index >= 15 is 0 Å². The average molecular weight is 329 g/mol. The maximum Gasteiger partial charge on any atom is 0.222 e. The lowest BCUT2D eigenvalue weighted by molar-refractivity contribution is -0.134. The summed E-state index contributed by atoms with van der Waals surface area (Å²) in [7, 11) is 0. The van der Waals surface area contributed by atoms with Crippen LogP contribution in [-0.2, 0) is 16.0 Å².